The summed E-state index contributed by atoms with van der Waals surface area (Å²) in [5.41, 5.74) is 0. The molecule has 0 aliphatic heterocycles. The van der Waals surface area contributed by atoms with Crippen LogP contribution in [0.1, 0.15) is 33.1 Å². The number of rotatable bonds is 5. The van der Waals surface area contributed by atoms with Crippen LogP contribution in [0.2, 0.25) is 0 Å². The molecule has 0 radical (unpaired) electrons. The highest BCUT2D eigenvalue weighted by Gasteiger charge is 2.67. The molecule has 0 saturated heterocycles. The van der Waals surface area contributed by atoms with Crippen LogP contribution in [0.15, 0.2) is 0 Å². The molecule has 3 rings (SSSR count). The molecule has 4 nitrogen and oxygen atoms in total. The third kappa shape index (κ3) is 2.05. The summed E-state index contributed by atoms with van der Waals surface area (Å²) in [6, 6.07) is 0. The first-order valence-corrected chi connectivity index (χ1v) is 7.51. The summed E-state index contributed by atoms with van der Waals surface area (Å²) in [6.07, 6.45) is 3.95. The van der Waals surface area contributed by atoms with Crippen LogP contribution in [0.3, 0.4) is 0 Å². The molecular weight excluding hydrogens is 242 g/mol. The molecule has 5 unspecified atom stereocenters. The first kappa shape index (κ1) is 12.9. The van der Waals surface area contributed by atoms with Gasteiger partial charge >= 0.3 is 5.97 Å². The Morgan fingerprint density at radius 1 is 1.21 bits per heavy atom. The van der Waals surface area contributed by atoms with E-state index in [1.165, 1.54) is 19.3 Å². The topological polar surface area (TPSA) is 66.4 Å². The number of carboxylic acid groups (broad SMARTS) is 1. The molecule has 2 bridgehead atoms. The highest BCUT2D eigenvalue weighted by atomic mass is 16.4. The van der Waals surface area contributed by atoms with E-state index in [-0.39, 0.29) is 24.3 Å². The van der Waals surface area contributed by atoms with Crippen LogP contribution in [0.4, 0.5) is 0 Å². The van der Waals surface area contributed by atoms with Crippen molar-refractivity contribution in [1.29, 1.82) is 0 Å². The van der Waals surface area contributed by atoms with Gasteiger partial charge in [-0.3, -0.25) is 9.59 Å². The number of fused-ring (bicyclic) bond motifs is 5. The van der Waals surface area contributed by atoms with Gasteiger partial charge in [-0.1, -0.05) is 13.8 Å². The lowest BCUT2D eigenvalue weighted by atomic mass is 9.95. The number of carbonyl (C=O) groups excluding carboxylic acids is 1. The van der Waals surface area contributed by atoms with E-state index in [9.17, 15) is 9.59 Å². The smallest absolute Gasteiger partial charge is 0.308 e. The molecular formula is C15H23NO3. The summed E-state index contributed by atoms with van der Waals surface area (Å²) < 4.78 is 0. The highest BCUT2D eigenvalue weighted by molar-refractivity contribution is 5.83. The molecule has 106 valence electrons. The lowest BCUT2D eigenvalue weighted by Gasteiger charge is -2.17. The Bertz CT molecular complexity index is 390. The van der Waals surface area contributed by atoms with E-state index in [0.29, 0.717) is 11.8 Å². The van der Waals surface area contributed by atoms with Gasteiger partial charge in [0.2, 0.25) is 5.91 Å². The van der Waals surface area contributed by atoms with E-state index >= 15 is 0 Å². The molecule has 3 saturated carbocycles. The van der Waals surface area contributed by atoms with Gasteiger partial charge in [0, 0.05) is 12.5 Å². The van der Waals surface area contributed by atoms with Crippen molar-refractivity contribution in [3.63, 3.8) is 0 Å². The highest BCUT2D eigenvalue weighted by Crippen LogP contribution is 2.69. The number of aliphatic carboxylic acids is 1. The first-order chi connectivity index (χ1) is 9.00. The lowest BCUT2D eigenvalue weighted by molar-refractivity contribution is -0.143. The molecule has 0 heterocycles. The second-order valence-electron chi connectivity index (χ2n) is 6.95. The minimum Gasteiger partial charge on any atom is -0.481 e. The van der Waals surface area contributed by atoms with Crippen LogP contribution in [0, 0.1) is 41.4 Å². The van der Waals surface area contributed by atoms with Crippen LogP contribution in [0.5, 0.6) is 0 Å². The maximum Gasteiger partial charge on any atom is 0.308 e. The molecule has 0 spiro atoms. The molecule has 3 fully saturated rings. The minimum atomic E-state index is -0.814. The summed E-state index contributed by atoms with van der Waals surface area (Å²) in [7, 11) is 0. The maximum atomic E-state index is 12.2. The van der Waals surface area contributed by atoms with Crippen molar-refractivity contribution < 1.29 is 14.7 Å². The molecule has 2 N–H and O–H groups in total. The minimum absolute atomic E-state index is 0.0488. The molecule has 3 aliphatic rings. The van der Waals surface area contributed by atoms with E-state index < -0.39 is 11.9 Å². The van der Waals surface area contributed by atoms with Crippen LogP contribution in [-0.2, 0) is 9.59 Å². The third-order valence-corrected chi connectivity index (χ3v) is 5.66. The second kappa shape index (κ2) is 4.50. The van der Waals surface area contributed by atoms with Gasteiger partial charge in [-0.15, -0.1) is 0 Å². The number of carbonyl (C=O) groups is 2. The zero-order valence-corrected chi connectivity index (χ0v) is 11.6. The van der Waals surface area contributed by atoms with Crippen LogP contribution in [-0.4, -0.2) is 23.5 Å². The maximum absolute atomic E-state index is 12.2. The summed E-state index contributed by atoms with van der Waals surface area (Å²) >= 11 is 0. The van der Waals surface area contributed by atoms with Crippen LogP contribution in [0.25, 0.3) is 0 Å². The lowest BCUT2D eigenvalue weighted by Crippen LogP contribution is -2.37. The Kier molecular flexibility index (Phi) is 3.06. The first-order valence-electron chi connectivity index (χ1n) is 7.51. The number of carboxylic acids is 1. The Hall–Kier alpha value is -1.06. The van der Waals surface area contributed by atoms with Crippen LogP contribution >= 0.6 is 0 Å². The molecule has 1 amide bonds. The van der Waals surface area contributed by atoms with Crippen molar-refractivity contribution in [2.45, 2.75) is 33.1 Å². The standard InChI is InChI=1S/C15H23NO3/c1-7(2)10(15(18)19)6-16-14(17)13-11-8-3-4-9(5-8)12(11)13/h7-13H,3-6H2,1-2H3,(H,16,17)(H,18,19). The Morgan fingerprint density at radius 2 is 1.79 bits per heavy atom. The van der Waals surface area contributed by atoms with Gasteiger partial charge in [-0.25, -0.2) is 0 Å². The zero-order chi connectivity index (χ0) is 13.7. The molecule has 4 heteroatoms. The average Bonchev–Trinajstić information content (AvgIpc) is 2.77. The van der Waals surface area contributed by atoms with Gasteiger partial charge < -0.3 is 10.4 Å². The van der Waals surface area contributed by atoms with E-state index in [0.717, 1.165) is 11.8 Å². The predicted molar refractivity (Wildman–Crippen MR) is 70.3 cm³/mol. The van der Waals surface area contributed by atoms with E-state index in [4.69, 9.17) is 5.11 Å². The molecule has 0 aromatic carbocycles. The number of hydrogen-bond donors (Lipinski definition) is 2. The fourth-order valence-corrected chi connectivity index (χ4v) is 4.61. The van der Waals surface area contributed by atoms with Crippen molar-refractivity contribution in [2.24, 2.45) is 41.4 Å². The summed E-state index contributed by atoms with van der Waals surface area (Å²) in [5, 5.41) is 12.0. The fraction of sp³-hybridized carbons (Fsp3) is 0.867. The Morgan fingerprint density at radius 3 is 2.26 bits per heavy atom. The zero-order valence-electron chi connectivity index (χ0n) is 11.6. The number of nitrogens with one attached hydrogen (secondary N) is 1. The van der Waals surface area contributed by atoms with Crippen LogP contribution < -0.4 is 5.32 Å². The summed E-state index contributed by atoms with van der Waals surface area (Å²) in [5.74, 6) is 1.89. The fourth-order valence-electron chi connectivity index (χ4n) is 4.61. The average molecular weight is 265 g/mol. The Labute approximate surface area is 113 Å². The summed E-state index contributed by atoms with van der Waals surface area (Å²) in [6.45, 7) is 4.05. The van der Waals surface area contributed by atoms with Crippen molar-refractivity contribution in [3.8, 4) is 0 Å². The molecule has 3 aliphatic carbocycles. The Balaban J connectivity index is 1.52. The quantitative estimate of drug-likeness (QED) is 0.796. The van der Waals surface area contributed by atoms with Gasteiger partial charge in [-0.05, 0) is 48.9 Å². The monoisotopic (exact) mass is 265 g/mol. The second-order valence-corrected chi connectivity index (χ2v) is 6.95. The molecule has 0 aromatic heterocycles. The third-order valence-electron chi connectivity index (χ3n) is 5.66. The SMILES string of the molecule is CC(C)C(CNC(=O)C1C2C3CCC(C3)C12)C(=O)O. The predicted octanol–water partition coefficient (Wildman–Crippen LogP) is 1.75. The van der Waals surface area contributed by atoms with Gasteiger partial charge in [0.05, 0.1) is 5.92 Å². The van der Waals surface area contributed by atoms with Crippen molar-refractivity contribution in [3.05, 3.63) is 0 Å². The van der Waals surface area contributed by atoms with Crippen molar-refractivity contribution in [2.75, 3.05) is 6.54 Å². The molecule has 0 aromatic rings. The molecule has 5 atom stereocenters. The van der Waals surface area contributed by atoms with Gasteiger partial charge in [0.25, 0.3) is 0 Å². The van der Waals surface area contributed by atoms with Crippen molar-refractivity contribution >= 4 is 11.9 Å². The van der Waals surface area contributed by atoms with E-state index in [1.807, 2.05) is 13.8 Å². The van der Waals surface area contributed by atoms with Gasteiger partial charge in [0.1, 0.15) is 0 Å². The normalized spacial score (nSPS) is 40.1. The van der Waals surface area contributed by atoms with Gasteiger partial charge in [0.15, 0.2) is 0 Å². The number of amides is 1. The van der Waals surface area contributed by atoms with Crippen molar-refractivity contribution in [1.82, 2.24) is 5.32 Å². The largest absolute Gasteiger partial charge is 0.481 e. The summed E-state index contributed by atoms with van der Waals surface area (Å²) in [4.78, 5) is 23.3. The van der Waals surface area contributed by atoms with E-state index in [2.05, 4.69) is 5.32 Å². The molecule has 19 heavy (non-hydrogen) atoms. The van der Waals surface area contributed by atoms with E-state index in [1.54, 1.807) is 0 Å². The van der Waals surface area contributed by atoms with Gasteiger partial charge in [-0.2, -0.15) is 0 Å². The number of hydrogen-bond acceptors (Lipinski definition) is 2.